The van der Waals surface area contributed by atoms with Gasteiger partial charge in [0.25, 0.3) is 0 Å². The number of Topliss-reactive ketones (excluding diaryl/α,β-unsaturated/α-hetero) is 1. The molecule has 0 saturated carbocycles. The van der Waals surface area contributed by atoms with Crippen LogP contribution in [0, 0.1) is 0 Å². The van der Waals surface area contributed by atoms with E-state index in [4.69, 9.17) is 0 Å². The van der Waals surface area contributed by atoms with Crippen LogP contribution < -0.4 is 0 Å². The average Bonchev–Trinajstić information content (AvgIpc) is 1.60. The summed E-state index contributed by atoms with van der Waals surface area (Å²) in [7, 11) is 0. The van der Waals surface area contributed by atoms with Crippen molar-refractivity contribution in [3.63, 3.8) is 0 Å². The highest BCUT2D eigenvalue weighted by molar-refractivity contribution is 5.92. The van der Waals surface area contributed by atoms with E-state index in [1.165, 1.54) is 6.92 Å². The molecule has 0 atom stereocenters. The Morgan fingerprint density at radius 3 is 1.90 bits per heavy atom. The van der Waals surface area contributed by atoms with Gasteiger partial charge in [0.15, 0.2) is 5.78 Å². The second-order valence-corrected chi connectivity index (χ2v) is 3.04. The minimum atomic E-state index is -0.879. The maximum Gasteiger partial charge on any atom is 0.155 e. The van der Waals surface area contributed by atoms with Crippen molar-refractivity contribution < 1.29 is 9.90 Å². The maximum atomic E-state index is 10.6. The molecule has 0 saturated heterocycles. The fourth-order valence-corrected chi connectivity index (χ4v) is 0.631. The SMILES string of the molecule is CC(=O)C(C)=CC(C)(C)O. The van der Waals surface area contributed by atoms with Gasteiger partial charge in [0.2, 0.25) is 0 Å². The van der Waals surface area contributed by atoms with Gasteiger partial charge in [-0.15, -0.1) is 0 Å². The summed E-state index contributed by atoms with van der Waals surface area (Å²) in [4.78, 5) is 10.6. The summed E-state index contributed by atoms with van der Waals surface area (Å²) in [5.74, 6) is 0.00197. The molecule has 0 rings (SSSR count). The van der Waals surface area contributed by atoms with Crippen molar-refractivity contribution in [2.24, 2.45) is 0 Å². The van der Waals surface area contributed by atoms with Gasteiger partial charge < -0.3 is 5.11 Å². The van der Waals surface area contributed by atoms with Gasteiger partial charge in [0.1, 0.15) is 0 Å². The van der Waals surface area contributed by atoms with Crippen LogP contribution in [0.5, 0.6) is 0 Å². The molecule has 0 aromatic carbocycles. The van der Waals surface area contributed by atoms with Crippen molar-refractivity contribution in [1.82, 2.24) is 0 Å². The lowest BCUT2D eigenvalue weighted by Gasteiger charge is -2.11. The third kappa shape index (κ3) is 4.27. The van der Waals surface area contributed by atoms with Crippen molar-refractivity contribution in [3.8, 4) is 0 Å². The molecule has 0 spiro atoms. The molecule has 0 aliphatic carbocycles. The van der Waals surface area contributed by atoms with E-state index in [0.29, 0.717) is 5.57 Å². The van der Waals surface area contributed by atoms with Crippen LogP contribution in [-0.2, 0) is 4.79 Å². The minimum absolute atomic E-state index is 0.00197. The van der Waals surface area contributed by atoms with Crippen LogP contribution in [0.3, 0.4) is 0 Å². The summed E-state index contributed by atoms with van der Waals surface area (Å²) in [5, 5.41) is 9.21. The molecule has 0 amide bonds. The minimum Gasteiger partial charge on any atom is -0.386 e. The molecule has 0 unspecified atom stereocenters. The average molecular weight is 142 g/mol. The smallest absolute Gasteiger partial charge is 0.155 e. The van der Waals surface area contributed by atoms with E-state index in [2.05, 4.69) is 0 Å². The van der Waals surface area contributed by atoms with Crippen LogP contribution in [0.15, 0.2) is 11.6 Å². The molecule has 0 aliphatic rings. The Morgan fingerprint density at radius 1 is 1.40 bits per heavy atom. The van der Waals surface area contributed by atoms with Gasteiger partial charge in [-0.25, -0.2) is 0 Å². The Bertz CT molecular complexity index is 161. The van der Waals surface area contributed by atoms with Gasteiger partial charge in [-0.2, -0.15) is 0 Å². The summed E-state index contributed by atoms with van der Waals surface area (Å²) in [6, 6.07) is 0. The standard InChI is InChI=1S/C8H14O2/c1-6(7(2)9)5-8(3,4)10/h5,10H,1-4H3. The highest BCUT2D eigenvalue weighted by Gasteiger charge is 2.09. The third-order valence-corrected chi connectivity index (χ3v) is 1.13. The van der Waals surface area contributed by atoms with Crippen LogP contribution in [0.4, 0.5) is 0 Å². The first-order chi connectivity index (χ1) is 4.33. The van der Waals surface area contributed by atoms with Gasteiger partial charge in [0, 0.05) is 0 Å². The summed E-state index contributed by atoms with van der Waals surface area (Å²) in [6.07, 6.45) is 1.55. The lowest BCUT2D eigenvalue weighted by Crippen LogP contribution is -2.15. The van der Waals surface area contributed by atoms with Crippen LogP contribution in [0.1, 0.15) is 27.7 Å². The van der Waals surface area contributed by atoms with Crippen LogP contribution >= 0.6 is 0 Å². The van der Waals surface area contributed by atoms with Crippen LogP contribution in [-0.4, -0.2) is 16.5 Å². The van der Waals surface area contributed by atoms with E-state index >= 15 is 0 Å². The lowest BCUT2D eigenvalue weighted by molar-refractivity contribution is -0.113. The summed E-state index contributed by atoms with van der Waals surface area (Å²) < 4.78 is 0. The summed E-state index contributed by atoms with van der Waals surface area (Å²) in [6.45, 7) is 6.46. The van der Waals surface area contributed by atoms with Crippen LogP contribution in [0.2, 0.25) is 0 Å². The largest absolute Gasteiger partial charge is 0.386 e. The summed E-state index contributed by atoms with van der Waals surface area (Å²) >= 11 is 0. The molecule has 0 radical (unpaired) electrons. The fourth-order valence-electron chi connectivity index (χ4n) is 0.631. The van der Waals surface area contributed by atoms with Crippen molar-refractivity contribution in [1.29, 1.82) is 0 Å². The summed E-state index contributed by atoms with van der Waals surface area (Å²) in [5.41, 5.74) is -0.275. The second-order valence-electron chi connectivity index (χ2n) is 3.04. The molecular weight excluding hydrogens is 128 g/mol. The van der Waals surface area contributed by atoms with Crippen molar-refractivity contribution in [3.05, 3.63) is 11.6 Å². The molecule has 10 heavy (non-hydrogen) atoms. The predicted molar refractivity (Wildman–Crippen MR) is 40.7 cm³/mol. The molecule has 0 aliphatic heterocycles. The Morgan fingerprint density at radius 2 is 1.80 bits per heavy atom. The fraction of sp³-hybridized carbons (Fsp3) is 0.625. The molecule has 0 heterocycles. The number of carbonyl (C=O) groups is 1. The molecular formula is C8H14O2. The first-order valence-electron chi connectivity index (χ1n) is 3.26. The quantitative estimate of drug-likeness (QED) is 0.590. The Kier molecular flexibility index (Phi) is 2.78. The number of ketones is 1. The number of allylic oxidation sites excluding steroid dienone is 1. The van der Waals surface area contributed by atoms with Crippen molar-refractivity contribution in [2.75, 3.05) is 0 Å². The first kappa shape index (κ1) is 9.37. The number of hydrogen-bond acceptors (Lipinski definition) is 2. The van der Waals surface area contributed by atoms with Gasteiger partial charge in [0.05, 0.1) is 5.60 Å². The zero-order valence-corrected chi connectivity index (χ0v) is 6.93. The van der Waals surface area contributed by atoms with Crippen LogP contribution in [0.25, 0.3) is 0 Å². The van der Waals surface area contributed by atoms with Gasteiger partial charge >= 0.3 is 0 Å². The topological polar surface area (TPSA) is 37.3 Å². The molecule has 0 aromatic heterocycles. The Balaban J connectivity index is 4.32. The zero-order chi connectivity index (χ0) is 8.36. The van der Waals surface area contributed by atoms with E-state index in [9.17, 15) is 9.90 Å². The van der Waals surface area contributed by atoms with Crippen molar-refractivity contribution in [2.45, 2.75) is 33.3 Å². The molecule has 2 nitrogen and oxygen atoms in total. The molecule has 2 heteroatoms. The highest BCUT2D eigenvalue weighted by atomic mass is 16.3. The lowest BCUT2D eigenvalue weighted by atomic mass is 10.0. The predicted octanol–water partition coefficient (Wildman–Crippen LogP) is 1.29. The van der Waals surface area contributed by atoms with Gasteiger partial charge in [-0.05, 0) is 39.3 Å². The Labute approximate surface area is 61.6 Å². The maximum absolute atomic E-state index is 10.6. The van der Waals surface area contributed by atoms with E-state index in [-0.39, 0.29) is 5.78 Å². The first-order valence-corrected chi connectivity index (χ1v) is 3.26. The van der Waals surface area contributed by atoms with E-state index in [0.717, 1.165) is 0 Å². The third-order valence-electron chi connectivity index (χ3n) is 1.13. The number of carbonyl (C=O) groups excluding carboxylic acids is 1. The van der Waals surface area contributed by atoms with E-state index < -0.39 is 5.60 Å². The van der Waals surface area contributed by atoms with Gasteiger partial charge in [-0.1, -0.05) is 0 Å². The molecule has 1 N–H and O–H groups in total. The number of rotatable bonds is 2. The number of hydrogen-bond donors (Lipinski definition) is 1. The van der Waals surface area contributed by atoms with E-state index in [1.807, 2.05) is 0 Å². The molecule has 0 fully saturated rings. The zero-order valence-electron chi connectivity index (χ0n) is 6.93. The molecule has 0 bridgehead atoms. The normalized spacial score (nSPS) is 13.5. The highest BCUT2D eigenvalue weighted by Crippen LogP contribution is 2.07. The monoisotopic (exact) mass is 142 g/mol. The van der Waals surface area contributed by atoms with Crippen molar-refractivity contribution >= 4 is 5.78 Å². The molecule has 58 valence electrons. The second kappa shape index (κ2) is 2.97. The molecule has 0 aromatic rings. The number of aliphatic hydroxyl groups is 1. The van der Waals surface area contributed by atoms with E-state index in [1.54, 1.807) is 26.8 Å². The Hall–Kier alpha value is -0.630. The van der Waals surface area contributed by atoms with Gasteiger partial charge in [-0.3, -0.25) is 4.79 Å².